The molecule has 19 heavy (non-hydrogen) atoms. The Morgan fingerprint density at radius 2 is 2.11 bits per heavy atom. The number of nitrogens with zero attached hydrogens (tertiary/aromatic N) is 1. The van der Waals surface area contributed by atoms with Crippen LogP contribution in [0.4, 0.5) is 0 Å². The molecule has 5 nitrogen and oxygen atoms in total. The van der Waals surface area contributed by atoms with Crippen LogP contribution in [0.2, 0.25) is 0 Å². The molecule has 1 rings (SSSR count). The molecule has 0 saturated carbocycles. The first-order chi connectivity index (χ1) is 8.95. The van der Waals surface area contributed by atoms with Gasteiger partial charge in [-0.05, 0) is 32.2 Å². The molecule has 6 heteroatoms. The molecular weight excluding hydrogens is 264 g/mol. The van der Waals surface area contributed by atoms with Gasteiger partial charge < -0.3 is 10.1 Å². The van der Waals surface area contributed by atoms with E-state index in [0.29, 0.717) is 19.1 Å². The van der Waals surface area contributed by atoms with E-state index in [1.54, 1.807) is 11.4 Å². The zero-order chi connectivity index (χ0) is 14.3. The van der Waals surface area contributed by atoms with Crippen molar-refractivity contribution < 1.29 is 13.2 Å². The van der Waals surface area contributed by atoms with Crippen molar-refractivity contribution in [2.75, 3.05) is 32.5 Å². The topological polar surface area (TPSA) is 58.6 Å². The first kappa shape index (κ1) is 16.9. The molecule has 1 heterocycles. The maximum atomic E-state index is 12.2. The summed E-state index contributed by atoms with van der Waals surface area (Å²) in [5, 5.41) is 3.30. The fourth-order valence-corrected chi connectivity index (χ4v) is 3.91. The third-order valence-electron chi connectivity index (χ3n) is 3.45. The van der Waals surface area contributed by atoms with Crippen LogP contribution in [0.1, 0.15) is 39.5 Å². The van der Waals surface area contributed by atoms with Crippen molar-refractivity contribution in [2.45, 2.75) is 51.7 Å². The molecule has 0 amide bonds. The van der Waals surface area contributed by atoms with Crippen LogP contribution in [0.25, 0.3) is 0 Å². The fraction of sp³-hybridized carbons (Fsp3) is 1.00. The summed E-state index contributed by atoms with van der Waals surface area (Å²) in [5.41, 5.74) is 0. The molecule has 0 aromatic rings. The van der Waals surface area contributed by atoms with Crippen LogP contribution in [0.3, 0.4) is 0 Å². The van der Waals surface area contributed by atoms with Crippen LogP contribution >= 0.6 is 0 Å². The normalized spacial score (nSPS) is 22.0. The number of rotatable bonds is 8. The van der Waals surface area contributed by atoms with Crippen LogP contribution in [0, 0.1) is 0 Å². The van der Waals surface area contributed by atoms with Gasteiger partial charge in [0.05, 0.1) is 11.9 Å². The number of ether oxygens (including phenoxy) is 1. The lowest BCUT2D eigenvalue weighted by atomic mass is 10.1. The van der Waals surface area contributed by atoms with Crippen molar-refractivity contribution in [3.8, 4) is 0 Å². The highest BCUT2D eigenvalue weighted by Gasteiger charge is 2.28. The van der Waals surface area contributed by atoms with Gasteiger partial charge in [-0.1, -0.05) is 13.8 Å². The van der Waals surface area contributed by atoms with Crippen LogP contribution in [-0.4, -0.2) is 57.4 Å². The Labute approximate surface area is 117 Å². The highest BCUT2D eigenvalue weighted by atomic mass is 32.2. The Bertz CT molecular complexity index is 344. The molecule has 0 aromatic heterocycles. The van der Waals surface area contributed by atoms with E-state index in [0.717, 1.165) is 32.2 Å². The van der Waals surface area contributed by atoms with Gasteiger partial charge in [-0.2, -0.15) is 4.31 Å². The Balaban J connectivity index is 2.30. The standard InChI is InChI=1S/C13H28N2O3S/c1-12(2)14-8-4-5-10-19(16,17)15-9-6-7-13(11-15)18-3/h12-14H,4-11H2,1-3H3. The van der Waals surface area contributed by atoms with Gasteiger partial charge in [0, 0.05) is 26.2 Å². The number of hydrogen-bond acceptors (Lipinski definition) is 4. The monoisotopic (exact) mass is 292 g/mol. The lowest BCUT2D eigenvalue weighted by molar-refractivity contribution is 0.0572. The summed E-state index contributed by atoms with van der Waals surface area (Å²) in [4.78, 5) is 0. The minimum atomic E-state index is -3.10. The van der Waals surface area contributed by atoms with E-state index in [9.17, 15) is 8.42 Å². The largest absolute Gasteiger partial charge is 0.380 e. The summed E-state index contributed by atoms with van der Waals surface area (Å²) in [7, 11) is -1.45. The van der Waals surface area contributed by atoms with Crippen molar-refractivity contribution >= 4 is 10.0 Å². The fourth-order valence-electron chi connectivity index (χ4n) is 2.28. The van der Waals surface area contributed by atoms with Gasteiger partial charge in [0.1, 0.15) is 0 Å². The highest BCUT2D eigenvalue weighted by Crippen LogP contribution is 2.16. The van der Waals surface area contributed by atoms with E-state index in [1.165, 1.54) is 0 Å². The SMILES string of the molecule is COC1CCCN(S(=O)(=O)CCCCNC(C)C)C1. The van der Waals surface area contributed by atoms with E-state index >= 15 is 0 Å². The van der Waals surface area contributed by atoms with Crippen LogP contribution in [0.5, 0.6) is 0 Å². The molecule has 1 saturated heterocycles. The molecule has 0 aliphatic carbocycles. The smallest absolute Gasteiger partial charge is 0.214 e. The Morgan fingerprint density at radius 3 is 2.74 bits per heavy atom. The van der Waals surface area contributed by atoms with Crippen molar-refractivity contribution in [3.63, 3.8) is 0 Å². The second-order valence-electron chi connectivity index (χ2n) is 5.49. The maximum absolute atomic E-state index is 12.2. The number of unbranched alkanes of at least 4 members (excludes halogenated alkanes) is 1. The zero-order valence-corrected chi connectivity index (χ0v) is 13.2. The predicted octanol–water partition coefficient (Wildman–Crippen LogP) is 1.21. The first-order valence-corrected chi connectivity index (χ1v) is 8.80. The third kappa shape index (κ3) is 6.21. The van der Waals surface area contributed by atoms with E-state index in [1.807, 2.05) is 0 Å². The molecular formula is C13H28N2O3S. The van der Waals surface area contributed by atoms with Crippen LogP contribution < -0.4 is 5.32 Å². The summed E-state index contributed by atoms with van der Waals surface area (Å²) in [5.74, 6) is 0.253. The van der Waals surface area contributed by atoms with E-state index in [4.69, 9.17) is 4.74 Å². The average molecular weight is 292 g/mol. The number of sulfonamides is 1. The molecule has 0 aromatic carbocycles. The number of hydrogen-bond donors (Lipinski definition) is 1. The Morgan fingerprint density at radius 1 is 1.37 bits per heavy atom. The molecule has 1 N–H and O–H groups in total. The molecule has 1 aliphatic heterocycles. The molecule has 1 atom stereocenters. The van der Waals surface area contributed by atoms with Gasteiger partial charge in [-0.15, -0.1) is 0 Å². The quantitative estimate of drug-likeness (QED) is 0.683. The minimum Gasteiger partial charge on any atom is -0.380 e. The second-order valence-corrected chi connectivity index (χ2v) is 7.58. The summed E-state index contributed by atoms with van der Waals surface area (Å²) in [6.07, 6.45) is 3.54. The van der Waals surface area contributed by atoms with Gasteiger partial charge in [0.25, 0.3) is 0 Å². The van der Waals surface area contributed by atoms with Gasteiger partial charge in [0.15, 0.2) is 0 Å². The van der Waals surface area contributed by atoms with Crippen LogP contribution in [0.15, 0.2) is 0 Å². The summed E-state index contributed by atoms with van der Waals surface area (Å²) in [6.45, 7) is 6.23. The molecule has 1 fully saturated rings. The average Bonchev–Trinajstić information content (AvgIpc) is 2.38. The van der Waals surface area contributed by atoms with Crippen molar-refractivity contribution in [2.24, 2.45) is 0 Å². The van der Waals surface area contributed by atoms with E-state index in [-0.39, 0.29) is 11.9 Å². The number of piperidine rings is 1. The lowest BCUT2D eigenvalue weighted by Gasteiger charge is -2.31. The van der Waals surface area contributed by atoms with Crippen molar-refractivity contribution in [1.29, 1.82) is 0 Å². The predicted molar refractivity (Wildman–Crippen MR) is 77.8 cm³/mol. The molecule has 0 radical (unpaired) electrons. The molecule has 1 aliphatic rings. The zero-order valence-electron chi connectivity index (χ0n) is 12.4. The molecule has 0 spiro atoms. The van der Waals surface area contributed by atoms with Crippen molar-refractivity contribution in [3.05, 3.63) is 0 Å². The number of nitrogens with one attached hydrogen (secondary N) is 1. The maximum Gasteiger partial charge on any atom is 0.214 e. The summed E-state index contributed by atoms with van der Waals surface area (Å²) < 4.78 is 31.3. The second kappa shape index (κ2) is 8.19. The molecule has 1 unspecified atom stereocenters. The summed E-state index contributed by atoms with van der Waals surface area (Å²) >= 11 is 0. The van der Waals surface area contributed by atoms with Gasteiger partial charge >= 0.3 is 0 Å². The van der Waals surface area contributed by atoms with Gasteiger partial charge in [0.2, 0.25) is 10.0 Å². The Kier molecular flexibility index (Phi) is 7.28. The van der Waals surface area contributed by atoms with Crippen molar-refractivity contribution in [1.82, 2.24) is 9.62 Å². The highest BCUT2D eigenvalue weighted by molar-refractivity contribution is 7.89. The lowest BCUT2D eigenvalue weighted by Crippen LogP contribution is -2.43. The molecule has 114 valence electrons. The number of methoxy groups -OCH3 is 1. The minimum absolute atomic E-state index is 0.0612. The Hall–Kier alpha value is -0.170. The van der Waals surface area contributed by atoms with E-state index < -0.39 is 10.0 Å². The summed E-state index contributed by atoms with van der Waals surface area (Å²) in [6, 6.07) is 0.459. The van der Waals surface area contributed by atoms with Gasteiger partial charge in [-0.25, -0.2) is 8.42 Å². The third-order valence-corrected chi connectivity index (χ3v) is 5.37. The van der Waals surface area contributed by atoms with E-state index in [2.05, 4.69) is 19.2 Å². The van der Waals surface area contributed by atoms with Gasteiger partial charge in [-0.3, -0.25) is 0 Å². The molecule has 0 bridgehead atoms. The first-order valence-electron chi connectivity index (χ1n) is 7.19. The van der Waals surface area contributed by atoms with Crippen LogP contribution in [-0.2, 0) is 14.8 Å².